The van der Waals surface area contributed by atoms with Crippen molar-refractivity contribution in [2.24, 2.45) is 0 Å². The van der Waals surface area contributed by atoms with E-state index in [2.05, 4.69) is 22.5 Å². The molecule has 3 N–H and O–H groups in total. The van der Waals surface area contributed by atoms with Crippen LogP contribution in [-0.4, -0.2) is 36.6 Å². The summed E-state index contributed by atoms with van der Waals surface area (Å²) in [6.45, 7) is 2.10. The molecule has 0 radical (unpaired) electrons. The van der Waals surface area contributed by atoms with Gasteiger partial charge in [-0.2, -0.15) is 0 Å². The fraction of sp³-hybridized carbons (Fsp3) is 0.286. The minimum atomic E-state index is -0.312. The van der Waals surface area contributed by atoms with Crippen molar-refractivity contribution in [3.8, 4) is 11.8 Å². The average Bonchev–Trinajstić information content (AvgIpc) is 2.43. The Balaban J connectivity index is 2.55. The van der Waals surface area contributed by atoms with Crippen molar-refractivity contribution in [1.82, 2.24) is 10.6 Å². The second-order valence-electron chi connectivity index (χ2n) is 3.67. The maximum atomic E-state index is 11.7. The molecule has 1 rings (SSSR count). The van der Waals surface area contributed by atoms with E-state index in [0.717, 1.165) is 0 Å². The van der Waals surface area contributed by atoms with Crippen LogP contribution in [0.4, 0.5) is 0 Å². The topological polar surface area (TPSA) is 78.4 Å². The lowest BCUT2D eigenvalue weighted by Gasteiger charge is -2.05. The van der Waals surface area contributed by atoms with Gasteiger partial charge in [0.15, 0.2) is 0 Å². The molecule has 1 aromatic carbocycles. The van der Waals surface area contributed by atoms with Crippen LogP contribution in [-0.2, 0) is 4.79 Å². The van der Waals surface area contributed by atoms with Gasteiger partial charge in [-0.15, -0.1) is 0 Å². The molecule has 0 aliphatic rings. The highest BCUT2D eigenvalue weighted by molar-refractivity contribution is 5.96. The number of aliphatic hydroxyl groups excluding tert-OH is 1. The lowest BCUT2D eigenvalue weighted by molar-refractivity contribution is -0.120. The molecule has 0 aliphatic carbocycles. The second-order valence-corrected chi connectivity index (χ2v) is 3.67. The van der Waals surface area contributed by atoms with Gasteiger partial charge in [-0.25, -0.2) is 0 Å². The Morgan fingerprint density at radius 3 is 2.47 bits per heavy atom. The predicted octanol–water partition coefficient (Wildman–Crippen LogP) is -0.104. The molecule has 2 amide bonds. The highest BCUT2D eigenvalue weighted by Crippen LogP contribution is 2.03. The first-order chi connectivity index (χ1) is 9.17. The van der Waals surface area contributed by atoms with E-state index in [0.29, 0.717) is 17.7 Å². The summed E-state index contributed by atoms with van der Waals surface area (Å²) in [7, 11) is 0. The minimum Gasteiger partial charge on any atom is -0.384 e. The lowest BCUT2D eigenvalue weighted by Crippen LogP contribution is -2.36. The van der Waals surface area contributed by atoms with Gasteiger partial charge < -0.3 is 15.7 Å². The first-order valence-corrected chi connectivity index (χ1v) is 5.92. The number of hydrogen-bond acceptors (Lipinski definition) is 3. The zero-order valence-electron chi connectivity index (χ0n) is 10.7. The first-order valence-electron chi connectivity index (χ1n) is 5.92. The Morgan fingerprint density at radius 1 is 1.21 bits per heavy atom. The Bertz CT molecular complexity index is 498. The van der Waals surface area contributed by atoms with E-state index in [4.69, 9.17) is 5.11 Å². The van der Waals surface area contributed by atoms with E-state index in [-0.39, 0.29) is 25.0 Å². The zero-order valence-corrected chi connectivity index (χ0v) is 10.7. The largest absolute Gasteiger partial charge is 0.384 e. The zero-order chi connectivity index (χ0) is 14.1. The van der Waals surface area contributed by atoms with E-state index in [9.17, 15) is 9.59 Å². The Labute approximate surface area is 112 Å². The van der Waals surface area contributed by atoms with Gasteiger partial charge in [0.25, 0.3) is 5.91 Å². The SMILES string of the molecule is CCNC(=O)CNC(=O)c1ccc(C#CCO)cc1. The molecule has 5 nitrogen and oxygen atoms in total. The molecule has 19 heavy (non-hydrogen) atoms. The smallest absolute Gasteiger partial charge is 0.251 e. The van der Waals surface area contributed by atoms with E-state index < -0.39 is 0 Å². The van der Waals surface area contributed by atoms with Gasteiger partial charge in [0, 0.05) is 17.7 Å². The van der Waals surface area contributed by atoms with Crippen LogP contribution >= 0.6 is 0 Å². The normalized spacial score (nSPS) is 9.16. The third-order valence-corrected chi connectivity index (χ3v) is 2.24. The molecule has 0 unspecified atom stereocenters. The van der Waals surface area contributed by atoms with Crippen LogP contribution in [0.3, 0.4) is 0 Å². The van der Waals surface area contributed by atoms with Crippen molar-refractivity contribution in [3.63, 3.8) is 0 Å². The summed E-state index contributed by atoms with van der Waals surface area (Å²) in [6.07, 6.45) is 0. The summed E-state index contributed by atoms with van der Waals surface area (Å²) in [6, 6.07) is 6.61. The van der Waals surface area contributed by atoms with E-state index in [1.807, 2.05) is 6.92 Å². The molecule has 0 atom stereocenters. The summed E-state index contributed by atoms with van der Waals surface area (Å²) >= 11 is 0. The molecule has 5 heteroatoms. The van der Waals surface area contributed by atoms with Crippen molar-refractivity contribution in [2.45, 2.75) is 6.92 Å². The number of benzene rings is 1. The van der Waals surface area contributed by atoms with Crippen LogP contribution in [0.1, 0.15) is 22.8 Å². The van der Waals surface area contributed by atoms with Crippen LogP contribution in [0.5, 0.6) is 0 Å². The molecule has 0 saturated carbocycles. The Hall–Kier alpha value is -2.32. The summed E-state index contributed by atoms with van der Waals surface area (Å²) in [5.41, 5.74) is 1.17. The predicted molar refractivity (Wildman–Crippen MR) is 71.4 cm³/mol. The summed E-state index contributed by atoms with van der Waals surface area (Å²) in [5, 5.41) is 13.7. The van der Waals surface area contributed by atoms with E-state index >= 15 is 0 Å². The van der Waals surface area contributed by atoms with Gasteiger partial charge in [0.05, 0.1) is 6.54 Å². The molecular weight excluding hydrogens is 244 g/mol. The van der Waals surface area contributed by atoms with E-state index in [1.54, 1.807) is 24.3 Å². The fourth-order valence-corrected chi connectivity index (χ4v) is 1.37. The van der Waals surface area contributed by atoms with Crippen LogP contribution in [0.2, 0.25) is 0 Å². The van der Waals surface area contributed by atoms with Gasteiger partial charge in [-0.3, -0.25) is 9.59 Å². The third kappa shape index (κ3) is 5.23. The van der Waals surface area contributed by atoms with Crippen molar-refractivity contribution in [2.75, 3.05) is 19.7 Å². The summed E-state index contributed by atoms with van der Waals surface area (Å²) in [4.78, 5) is 22.9. The Morgan fingerprint density at radius 2 is 1.89 bits per heavy atom. The average molecular weight is 260 g/mol. The number of carbonyl (C=O) groups excluding carboxylic acids is 2. The summed E-state index contributed by atoms with van der Waals surface area (Å²) in [5.74, 6) is 4.72. The molecule has 0 fully saturated rings. The van der Waals surface area contributed by atoms with Crippen molar-refractivity contribution in [1.29, 1.82) is 0 Å². The van der Waals surface area contributed by atoms with Crippen molar-refractivity contribution in [3.05, 3.63) is 35.4 Å². The van der Waals surface area contributed by atoms with Crippen LogP contribution in [0, 0.1) is 11.8 Å². The standard InChI is InChI=1S/C14H16N2O3/c1-2-15-13(18)10-16-14(19)12-7-5-11(6-8-12)4-3-9-17/h5-8,17H,2,9-10H2,1H3,(H,15,18)(H,16,19). The lowest BCUT2D eigenvalue weighted by atomic mass is 10.1. The van der Waals surface area contributed by atoms with Crippen LogP contribution < -0.4 is 10.6 Å². The molecule has 0 saturated heterocycles. The number of amides is 2. The van der Waals surface area contributed by atoms with Gasteiger partial charge in [0.2, 0.25) is 5.91 Å². The highest BCUT2D eigenvalue weighted by Gasteiger charge is 2.06. The monoisotopic (exact) mass is 260 g/mol. The highest BCUT2D eigenvalue weighted by atomic mass is 16.2. The number of rotatable bonds is 4. The van der Waals surface area contributed by atoms with Gasteiger partial charge in [-0.05, 0) is 31.2 Å². The maximum absolute atomic E-state index is 11.7. The third-order valence-electron chi connectivity index (χ3n) is 2.24. The molecule has 0 bridgehead atoms. The molecule has 0 heterocycles. The molecule has 1 aromatic rings. The Kier molecular flexibility index (Phi) is 6.13. The second kappa shape index (κ2) is 7.90. The summed E-state index contributed by atoms with van der Waals surface area (Å²) < 4.78 is 0. The van der Waals surface area contributed by atoms with Crippen LogP contribution in [0.15, 0.2) is 24.3 Å². The number of hydrogen-bond donors (Lipinski definition) is 3. The van der Waals surface area contributed by atoms with Gasteiger partial charge in [-0.1, -0.05) is 11.8 Å². The fourth-order valence-electron chi connectivity index (χ4n) is 1.37. The number of carbonyl (C=O) groups is 2. The number of nitrogens with one attached hydrogen (secondary N) is 2. The van der Waals surface area contributed by atoms with Crippen molar-refractivity contribution < 1.29 is 14.7 Å². The van der Waals surface area contributed by atoms with Crippen LogP contribution in [0.25, 0.3) is 0 Å². The molecule has 100 valence electrons. The van der Waals surface area contributed by atoms with Gasteiger partial charge in [0.1, 0.15) is 6.61 Å². The van der Waals surface area contributed by atoms with Crippen molar-refractivity contribution >= 4 is 11.8 Å². The maximum Gasteiger partial charge on any atom is 0.251 e. The molecule has 0 aliphatic heterocycles. The quantitative estimate of drug-likeness (QED) is 0.661. The number of likely N-dealkylation sites (N-methyl/N-ethyl adjacent to an activating group) is 1. The van der Waals surface area contributed by atoms with Gasteiger partial charge >= 0.3 is 0 Å². The van der Waals surface area contributed by atoms with E-state index in [1.165, 1.54) is 0 Å². The number of aliphatic hydroxyl groups is 1. The first kappa shape index (κ1) is 14.7. The minimum absolute atomic E-state index is 0.0429. The molecular formula is C14H16N2O3. The molecule has 0 spiro atoms. The molecule has 0 aromatic heterocycles.